The van der Waals surface area contributed by atoms with E-state index in [0.717, 1.165) is 24.8 Å². The van der Waals surface area contributed by atoms with Gasteiger partial charge in [-0.25, -0.2) is 0 Å². The molecule has 1 aliphatic rings. The number of fused-ring (bicyclic) bond motifs is 1. The first-order chi connectivity index (χ1) is 12.2. The molecule has 2 heterocycles. The van der Waals surface area contributed by atoms with E-state index in [-0.39, 0.29) is 11.1 Å². The summed E-state index contributed by atoms with van der Waals surface area (Å²) >= 11 is 1.24. The second kappa shape index (κ2) is 6.72. The van der Waals surface area contributed by atoms with Crippen LogP contribution < -0.4 is 15.7 Å². The summed E-state index contributed by atoms with van der Waals surface area (Å²) in [5.74, 6) is 0.363. The molecular weight excluding hydrogens is 334 g/mol. The largest absolute Gasteiger partial charge is 0.296 e. The quantitative estimate of drug-likeness (QED) is 0.677. The van der Waals surface area contributed by atoms with Gasteiger partial charge in [-0.15, -0.1) is 0 Å². The highest BCUT2D eigenvalue weighted by atomic mass is 32.1. The average molecular weight is 351 g/mol. The molecule has 0 fully saturated rings. The van der Waals surface area contributed by atoms with Crippen LogP contribution in [0.4, 0.5) is 0 Å². The van der Waals surface area contributed by atoms with E-state index in [9.17, 15) is 9.59 Å². The molecule has 5 nitrogen and oxygen atoms in total. The molecule has 0 amide bonds. The van der Waals surface area contributed by atoms with Gasteiger partial charge in [0, 0.05) is 6.42 Å². The summed E-state index contributed by atoms with van der Waals surface area (Å²) < 4.78 is 1.89. The smallest absolute Gasteiger partial charge is 0.266 e. The lowest BCUT2D eigenvalue weighted by Crippen LogP contribution is -2.28. The Kier molecular flexibility index (Phi) is 4.28. The van der Waals surface area contributed by atoms with Crippen molar-refractivity contribution < 1.29 is 0 Å². The lowest BCUT2D eigenvalue weighted by molar-refractivity contribution is 0.612. The van der Waals surface area contributed by atoms with Crippen molar-refractivity contribution in [3.8, 4) is 0 Å². The van der Waals surface area contributed by atoms with Crippen LogP contribution in [0.25, 0.3) is 11.0 Å². The first-order valence-corrected chi connectivity index (χ1v) is 9.16. The fourth-order valence-electron chi connectivity index (χ4n) is 3.04. The SMILES string of the molecule is O=c1nc2sc(=CC3CC=CCC3)c(=O)n2nc1Cc1ccccc1. The van der Waals surface area contributed by atoms with Crippen molar-refractivity contribution in [2.45, 2.75) is 25.7 Å². The first kappa shape index (κ1) is 15.9. The maximum absolute atomic E-state index is 12.6. The maximum atomic E-state index is 12.6. The lowest BCUT2D eigenvalue weighted by Gasteiger charge is -2.11. The molecule has 1 aliphatic carbocycles. The number of nitrogens with zero attached hydrogens (tertiary/aromatic N) is 3. The number of aromatic nitrogens is 3. The van der Waals surface area contributed by atoms with Gasteiger partial charge in [0.1, 0.15) is 5.69 Å². The number of hydrogen-bond donors (Lipinski definition) is 0. The zero-order chi connectivity index (χ0) is 17.2. The van der Waals surface area contributed by atoms with Crippen LogP contribution >= 0.6 is 11.3 Å². The highest BCUT2D eigenvalue weighted by Gasteiger charge is 2.13. The summed E-state index contributed by atoms with van der Waals surface area (Å²) in [6.07, 6.45) is 9.74. The Morgan fingerprint density at radius 1 is 1.20 bits per heavy atom. The second-order valence-electron chi connectivity index (χ2n) is 6.20. The van der Waals surface area contributed by atoms with E-state index < -0.39 is 0 Å². The van der Waals surface area contributed by atoms with Crippen LogP contribution in [-0.2, 0) is 6.42 Å². The highest BCUT2D eigenvalue weighted by molar-refractivity contribution is 7.14. The number of thiazole rings is 1. The van der Waals surface area contributed by atoms with Crippen molar-refractivity contribution in [2.75, 3.05) is 0 Å². The van der Waals surface area contributed by atoms with Gasteiger partial charge in [0.05, 0.1) is 4.53 Å². The first-order valence-electron chi connectivity index (χ1n) is 8.34. The van der Waals surface area contributed by atoms with Gasteiger partial charge in [0.25, 0.3) is 11.1 Å². The van der Waals surface area contributed by atoms with Gasteiger partial charge in [-0.3, -0.25) is 9.59 Å². The molecule has 6 heteroatoms. The van der Waals surface area contributed by atoms with E-state index >= 15 is 0 Å². The summed E-state index contributed by atoms with van der Waals surface area (Å²) in [5, 5.41) is 4.29. The van der Waals surface area contributed by atoms with Crippen molar-refractivity contribution in [1.29, 1.82) is 0 Å². The molecule has 1 atom stereocenters. The minimum atomic E-state index is -0.364. The number of benzene rings is 1. The Morgan fingerprint density at radius 2 is 2.04 bits per heavy atom. The molecule has 0 saturated carbocycles. The summed E-state index contributed by atoms with van der Waals surface area (Å²) in [5.41, 5.74) is 0.719. The molecule has 1 unspecified atom stereocenters. The van der Waals surface area contributed by atoms with Gasteiger partial charge < -0.3 is 0 Å². The van der Waals surface area contributed by atoms with Gasteiger partial charge in [-0.2, -0.15) is 14.6 Å². The normalized spacial score (nSPS) is 18.1. The van der Waals surface area contributed by atoms with Gasteiger partial charge in [-0.1, -0.05) is 59.9 Å². The fourth-order valence-corrected chi connectivity index (χ4v) is 4.01. The predicted molar refractivity (Wildman–Crippen MR) is 98.8 cm³/mol. The third-order valence-corrected chi connectivity index (χ3v) is 5.34. The van der Waals surface area contributed by atoms with E-state index in [2.05, 4.69) is 22.2 Å². The van der Waals surface area contributed by atoms with E-state index in [0.29, 0.717) is 27.5 Å². The van der Waals surface area contributed by atoms with Gasteiger partial charge in [0.2, 0.25) is 4.96 Å². The van der Waals surface area contributed by atoms with Crippen LogP contribution in [0, 0.1) is 5.92 Å². The third-order valence-electron chi connectivity index (χ3n) is 4.36. The zero-order valence-electron chi connectivity index (χ0n) is 13.6. The molecular formula is C19H17N3O2S. The molecule has 4 rings (SSSR count). The Morgan fingerprint density at radius 3 is 2.80 bits per heavy atom. The van der Waals surface area contributed by atoms with Crippen molar-refractivity contribution in [3.63, 3.8) is 0 Å². The van der Waals surface area contributed by atoms with E-state index in [1.165, 1.54) is 15.9 Å². The molecule has 25 heavy (non-hydrogen) atoms. The molecule has 126 valence electrons. The Hall–Kier alpha value is -2.60. The van der Waals surface area contributed by atoms with Crippen molar-refractivity contribution in [1.82, 2.24) is 14.6 Å². The molecule has 0 saturated heterocycles. The Bertz CT molecular complexity index is 1100. The third kappa shape index (κ3) is 3.30. The zero-order valence-corrected chi connectivity index (χ0v) is 14.4. The number of allylic oxidation sites excluding steroid dienone is 2. The monoisotopic (exact) mass is 351 g/mol. The topological polar surface area (TPSA) is 64.3 Å². The second-order valence-corrected chi connectivity index (χ2v) is 7.21. The van der Waals surface area contributed by atoms with Crippen molar-refractivity contribution in [2.24, 2.45) is 5.92 Å². The van der Waals surface area contributed by atoms with Gasteiger partial charge >= 0.3 is 0 Å². The molecule has 1 aromatic carbocycles. The van der Waals surface area contributed by atoms with Gasteiger partial charge in [-0.05, 0) is 30.7 Å². The maximum Gasteiger partial charge on any atom is 0.296 e. The molecule has 0 radical (unpaired) electrons. The van der Waals surface area contributed by atoms with Crippen molar-refractivity contribution in [3.05, 3.63) is 79.0 Å². The van der Waals surface area contributed by atoms with Crippen LogP contribution in [0.1, 0.15) is 30.5 Å². The van der Waals surface area contributed by atoms with Crippen LogP contribution in [0.2, 0.25) is 0 Å². The summed E-state index contributed by atoms with van der Waals surface area (Å²) in [6, 6.07) is 9.60. The van der Waals surface area contributed by atoms with E-state index in [1.54, 1.807) is 0 Å². The van der Waals surface area contributed by atoms with E-state index in [4.69, 9.17) is 0 Å². The molecule has 3 aromatic rings. The molecule has 0 aliphatic heterocycles. The van der Waals surface area contributed by atoms with Crippen molar-refractivity contribution >= 4 is 22.4 Å². The summed E-state index contributed by atoms with van der Waals surface area (Å²) in [4.78, 5) is 29.3. The minimum Gasteiger partial charge on any atom is -0.266 e. The van der Waals surface area contributed by atoms with Crippen LogP contribution in [0.3, 0.4) is 0 Å². The van der Waals surface area contributed by atoms with Crippen LogP contribution in [0.5, 0.6) is 0 Å². The highest BCUT2D eigenvalue weighted by Crippen LogP contribution is 2.19. The molecule has 0 spiro atoms. The molecule has 0 bridgehead atoms. The predicted octanol–water partition coefficient (Wildman–Crippen LogP) is 1.96. The lowest BCUT2D eigenvalue weighted by atomic mass is 9.94. The number of rotatable bonds is 3. The minimum absolute atomic E-state index is 0.184. The Labute approximate surface area is 148 Å². The fraction of sp³-hybridized carbons (Fsp3) is 0.263. The standard InChI is InChI=1S/C19H17N3O2S/c23-17-15(11-13-7-3-1-4-8-13)21-22-18(24)16(25-19(22)20-17)12-14-9-5-2-6-10-14/h1-5,7-8,12,14H,6,9-11H2. The van der Waals surface area contributed by atoms with Crippen LogP contribution in [0.15, 0.2) is 52.1 Å². The number of hydrogen-bond acceptors (Lipinski definition) is 5. The summed E-state index contributed by atoms with van der Waals surface area (Å²) in [7, 11) is 0. The Balaban J connectivity index is 1.76. The summed E-state index contributed by atoms with van der Waals surface area (Å²) in [6.45, 7) is 0. The molecule has 0 N–H and O–H groups in total. The van der Waals surface area contributed by atoms with Gasteiger partial charge in [0.15, 0.2) is 0 Å². The molecule has 2 aromatic heterocycles. The van der Waals surface area contributed by atoms with Crippen LogP contribution in [-0.4, -0.2) is 14.6 Å². The van der Waals surface area contributed by atoms with E-state index in [1.807, 2.05) is 36.4 Å². The average Bonchev–Trinajstić information content (AvgIpc) is 2.92.